The van der Waals surface area contributed by atoms with E-state index in [1.807, 2.05) is 0 Å². The molecule has 0 aromatic rings. The monoisotopic (exact) mass is 197 g/mol. The van der Waals surface area contributed by atoms with Crippen molar-refractivity contribution in [3.05, 3.63) is 0 Å². The van der Waals surface area contributed by atoms with Gasteiger partial charge in [-0.15, -0.1) is 0 Å². The molecule has 0 N–H and O–H groups in total. The summed E-state index contributed by atoms with van der Waals surface area (Å²) < 4.78 is 0. The van der Waals surface area contributed by atoms with Crippen molar-refractivity contribution in [3.63, 3.8) is 0 Å². The molecule has 1 fully saturated rings. The Hall–Kier alpha value is -0.0400. The average molecular weight is 197 g/mol. The van der Waals surface area contributed by atoms with Crippen molar-refractivity contribution < 1.29 is 0 Å². The normalized spacial score (nSPS) is 22.3. The molecule has 0 spiro atoms. The number of nitrogens with zero attached hydrogens (tertiary/aromatic N) is 1. The van der Waals surface area contributed by atoms with Crippen LogP contribution in [0.1, 0.15) is 53.4 Å². The largest absolute Gasteiger partial charge is 0.303 e. The molecule has 1 nitrogen and oxygen atoms in total. The Balaban J connectivity index is 2.21. The summed E-state index contributed by atoms with van der Waals surface area (Å²) in [7, 11) is 0. The van der Waals surface area contributed by atoms with Crippen LogP contribution in [-0.2, 0) is 0 Å². The van der Waals surface area contributed by atoms with E-state index in [1.54, 1.807) is 0 Å². The van der Waals surface area contributed by atoms with E-state index >= 15 is 0 Å². The highest BCUT2D eigenvalue weighted by Crippen LogP contribution is 2.25. The van der Waals surface area contributed by atoms with Gasteiger partial charge in [-0.2, -0.15) is 0 Å². The van der Waals surface area contributed by atoms with Gasteiger partial charge in [0.1, 0.15) is 0 Å². The van der Waals surface area contributed by atoms with Gasteiger partial charge >= 0.3 is 0 Å². The first-order valence-electron chi connectivity index (χ1n) is 6.20. The molecule has 1 saturated heterocycles. The quantitative estimate of drug-likeness (QED) is 0.669. The molecule has 84 valence electrons. The molecular weight excluding hydrogens is 170 g/mol. The number of likely N-dealkylation sites (tertiary alicyclic amines) is 1. The summed E-state index contributed by atoms with van der Waals surface area (Å²) in [5.41, 5.74) is 0.495. The summed E-state index contributed by atoms with van der Waals surface area (Å²) in [6.07, 6.45) is 5.64. The summed E-state index contributed by atoms with van der Waals surface area (Å²) in [5.74, 6) is 0.855. The van der Waals surface area contributed by atoms with Crippen LogP contribution in [0.4, 0.5) is 0 Å². The van der Waals surface area contributed by atoms with Crippen molar-refractivity contribution in [2.24, 2.45) is 11.3 Å². The lowest BCUT2D eigenvalue weighted by Gasteiger charge is -2.31. The van der Waals surface area contributed by atoms with Gasteiger partial charge in [-0.3, -0.25) is 0 Å². The van der Waals surface area contributed by atoms with Gasteiger partial charge in [-0.1, -0.05) is 34.1 Å². The van der Waals surface area contributed by atoms with E-state index in [4.69, 9.17) is 0 Å². The molecule has 1 unspecified atom stereocenters. The molecule has 1 heterocycles. The topological polar surface area (TPSA) is 3.24 Å². The second-order valence-corrected chi connectivity index (χ2v) is 6.23. The molecule has 1 aliphatic heterocycles. The third kappa shape index (κ3) is 4.99. The first-order valence-corrected chi connectivity index (χ1v) is 6.20. The van der Waals surface area contributed by atoms with Crippen LogP contribution in [0.25, 0.3) is 0 Å². The summed E-state index contributed by atoms with van der Waals surface area (Å²) in [4.78, 5) is 2.65. The minimum Gasteiger partial charge on any atom is -0.303 e. The Labute approximate surface area is 89.9 Å². The molecule has 0 saturated carbocycles. The third-order valence-corrected chi connectivity index (χ3v) is 2.98. The smallest absolute Gasteiger partial charge is 0.000722 e. The molecule has 1 aliphatic rings. The summed E-state index contributed by atoms with van der Waals surface area (Å²) in [6, 6.07) is 0. The molecule has 0 radical (unpaired) electrons. The molecule has 0 aromatic heterocycles. The molecular formula is C13H27N. The van der Waals surface area contributed by atoms with E-state index in [-0.39, 0.29) is 0 Å². The fourth-order valence-corrected chi connectivity index (χ4v) is 2.69. The lowest BCUT2D eigenvalue weighted by Crippen LogP contribution is -2.34. The van der Waals surface area contributed by atoms with Crippen LogP contribution in [0.5, 0.6) is 0 Å². The van der Waals surface area contributed by atoms with E-state index in [2.05, 4.69) is 32.6 Å². The Morgan fingerprint density at radius 3 is 2.14 bits per heavy atom. The minimum absolute atomic E-state index is 0.495. The van der Waals surface area contributed by atoms with Crippen LogP contribution >= 0.6 is 0 Å². The third-order valence-electron chi connectivity index (χ3n) is 2.98. The number of piperidine rings is 1. The fourth-order valence-electron chi connectivity index (χ4n) is 2.69. The van der Waals surface area contributed by atoms with Crippen molar-refractivity contribution in [2.45, 2.75) is 53.4 Å². The van der Waals surface area contributed by atoms with Gasteiger partial charge in [-0.25, -0.2) is 0 Å². The van der Waals surface area contributed by atoms with Crippen LogP contribution in [0.15, 0.2) is 0 Å². The summed E-state index contributed by atoms with van der Waals surface area (Å²) in [6.45, 7) is 13.4. The molecule has 0 aromatic carbocycles. The Morgan fingerprint density at radius 1 is 1.07 bits per heavy atom. The first-order chi connectivity index (χ1) is 6.47. The van der Waals surface area contributed by atoms with Gasteiger partial charge < -0.3 is 4.90 Å². The zero-order valence-corrected chi connectivity index (χ0v) is 10.5. The zero-order chi connectivity index (χ0) is 10.6. The Kier molecular flexibility index (Phi) is 4.43. The second-order valence-electron chi connectivity index (χ2n) is 6.23. The van der Waals surface area contributed by atoms with Gasteiger partial charge in [0.05, 0.1) is 0 Å². The number of hydrogen-bond donors (Lipinski definition) is 0. The van der Waals surface area contributed by atoms with Crippen LogP contribution in [0.3, 0.4) is 0 Å². The zero-order valence-electron chi connectivity index (χ0n) is 10.5. The van der Waals surface area contributed by atoms with Gasteiger partial charge in [0, 0.05) is 6.54 Å². The predicted octanol–water partition coefficient (Wildman–Crippen LogP) is 3.54. The van der Waals surface area contributed by atoms with Gasteiger partial charge in [0.15, 0.2) is 0 Å². The van der Waals surface area contributed by atoms with Crippen molar-refractivity contribution in [1.29, 1.82) is 0 Å². The maximum atomic E-state index is 2.65. The molecule has 1 heteroatoms. The summed E-state index contributed by atoms with van der Waals surface area (Å²) >= 11 is 0. The number of hydrogen-bond acceptors (Lipinski definition) is 1. The lowest BCUT2D eigenvalue weighted by atomic mass is 9.85. The van der Waals surface area contributed by atoms with Crippen LogP contribution in [-0.4, -0.2) is 24.5 Å². The van der Waals surface area contributed by atoms with Gasteiger partial charge in [0.2, 0.25) is 0 Å². The SMILES string of the molecule is CC(CN1CCCCC1)CC(C)(C)C. The maximum Gasteiger partial charge on any atom is 0.000722 e. The predicted molar refractivity (Wildman–Crippen MR) is 63.5 cm³/mol. The van der Waals surface area contributed by atoms with E-state index in [1.165, 1.54) is 45.3 Å². The molecule has 1 rings (SSSR count). The van der Waals surface area contributed by atoms with Crippen molar-refractivity contribution in [1.82, 2.24) is 4.90 Å². The Bertz CT molecular complexity index is 151. The fraction of sp³-hybridized carbons (Fsp3) is 1.00. The Morgan fingerprint density at radius 2 is 1.64 bits per heavy atom. The highest BCUT2D eigenvalue weighted by Gasteiger charge is 2.18. The van der Waals surface area contributed by atoms with E-state index in [9.17, 15) is 0 Å². The molecule has 0 amide bonds. The van der Waals surface area contributed by atoms with E-state index < -0.39 is 0 Å². The molecule has 1 atom stereocenters. The lowest BCUT2D eigenvalue weighted by molar-refractivity contribution is 0.175. The van der Waals surface area contributed by atoms with Crippen molar-refractivity contribution in [2.75, 3.05) is 19.6 Å². The maximum absolute atomic E-state index is 2.65. The number of rotatable bonds is 3. The average Bonchev–Trinajstić information content (AvgIpc) is 2.02. The summed E-state index contributed by atoms with van der Waals surface area (Å²) in [5, 5.41) is 0. The van der Waals surface area contributed by atoms with E-state index in [0.29, 0.717) is 5.41 Å². The standard InChI is InChI=1S/C13H27N/c1-12(10-13(2,3)4)11-14-8-6-5-7-9-14/h12H,5-11H2,1-4H3. The second kappa shape index (κ2) is 5.16. The van der Waals surface area contributed by atoms with Gasteiger partial charge in [0.25, 0.3) is 0 Å². The van der Waals surface area contributed by atoms with Gasteiger partial charge in [-0.05, 0) is 43.7 Å². The highest BCUT2D eigenvalue weighted by molar-refractivity contribution is 4.71. The van der Waals surface area contributed by atoms with Crippen LogP contribution < -0.4 is 0 Å². The molecule has 0 aliphatic carbocycles. The van der Waals surface area contributed by atoms with Crippen LogP contribution in [0, 0.1) is 11.3 Å². The van der Waals surface area contributed by atoms with E-state index in [0.717, 1.165) is 5.92 Å². The van der Waals surface area contributed by atoms with Crippen molar-refractivity contribution >= 4 is 0 Å². The minimum atomic E-state index is 0.495. The van der Waals surface area contributed by atoms with Crippen molar-refractivity contribution in [3.8, 4) is 0 Å². The molecule has 14 heavy (non-hydrogen) atoms. The molecule has 0 bridgehead atoms. The first kappa shape index (κ1) is 12.0. The highest BCUT2D eigenvalue weighted by atomic mass is 15.1. The van der Waals surface area contributed by atoms with Crippen LogP contribution in [0.2, 0.25) is 0 Å².